The lowest BCUT2D eigenvalue weighted by atomic mass is 9.77. The Labute approximate surface area is 376 Å². The minimum Gasteiger partial charge on any atom is -0.310 e. The van der Waals surface area contributed by atoms with Crippen LogP contribution in [0.4, 0.5) is 17.1 Å². The Balaban J connectivity index is 0.936. The summed E-state index contributed by atoms with van der Waals surface area (Å²) in [6.45, 7) is 12.0. The topological polar surface area (TPSA) is 3.24 Å². The Morgan fingerprint density at radius 3 is 1.86 bits per heavy atom. The van der Waals surface area contributed by atoms with E-state index in [-0.39, 0.29) is 16.2 Å². The molecule has 0 radical (unpaired) electrons. The van der Waals surface area contributed by atoms with Crippen molar-refractivity contribution in [3.05, 3.63) is 220 Å². The zero-order valence-corrected chi connectivity index (χ0v) is 37.6. The molecule has 1 atom stereocenters. The highest BCUT2D eigenvalue weighted by atomic mass is 32.1. The van der Waals surface area contributed by atoms with Crippen molar-refractivity contribution in [3.63, 3.8) is 0 Å². The molecule has 2 heteroatoms. The van der Waals surface area contributed by atoms with Crippen molar-refractivity contribution in [2.45, 2.75) is 70.1 Å². The Hall–Kier alpha value is -6.48. The van der Waals surface area contributed by atoms with E-state index in [1.165, 1.54) is 98.5 Å². The fraction of sp³-hybridized carbons (Fsp3) is 0.180. The lowest BCUT2D eigenvalue weighted by Crippen LogP contribution is -2.19. The van der Waals surface area contributed by atoms with Gasteiger partial charge in [-0.05, 0) is 169 Å². The Morgan fingerprint density at radius 1 is 0.492 bits per heavy atom. The highest BCUT2D eigenvalue weighted by Gasteiger charge is 2.42. The summed E-state index contributed by atoms with van der Waals surface area (Å²) >= 11 is 1.97. The standard InChI is InChI=1S/C61H51NS/c1-59(2)53-30-20-41(42-21-31-58-52(35-42)48-16-10-11-17-57(48)63-58)34-49(53)51-38-55-50(37-56(51)59)47-29-28-46(36-54(47)60(55,3)4)62(44-24-18-40(19-25-44)39-14-8-6-9-15-39)45-26-22-43(23-27-45)61(5)32-12-7-13-33-61/h6-20,22-30,32,34-38H,21,31,33H2,1-5H3. The van der Waals surface area contributed by atoms with E-state index in [1.54, 1.807) is 0 Å². The first-order valence-electron chi connectivity index (χ1n) is 22.7. The number of rotatable bonds is 6. The van der Waals surface area contributed by atoms with Crippen LogP contribution in [0.2, 0.25) is 0 Å². The summed E-state index contributed by atoms with van der Waals surface area (Å²) in [5.41, 5.74) is 22.4. The Morgan fingerprint density at radius 2 is 1.11 bits per heavy atom. The molecule has 0 saturated carbocycles. The van der Waals surface area contributed by atoms with Crippen LogP contribution in [0.15, 0.2) is 176 Å². The van der Waals surface area contributed by atoms with Crippen molar-refractivity contribution in [3.8, 4) is 33.4 Å². The first-order chi connectivity index (χ1) is 30.6. The number of benzene rings is 7. The van der Waals surface area contributed by atoms with E-state index in [1.807, 2.05) is 11.3 Å². The highest BCUT2D eigenvalue weighted by molar-refractivity contribution is 7.19. The maximum atomic E-state index is 2.57. The summed E-state index contributed by atoms with van der Waals surface area (Å²) in [5.74, 6) is 0. The van der Waals surface area contributed by atoms with Gasteiger partial charge in [-0.1, -0.05) is 150 Å². The smallest absolute Gasteiger partial charge is 0.0465 e. The number of hydrogen-bond donors (Lipinski definition) is 0. The lowest BCUT2D eigenvalue weighted by molar-refractivity contribution is 0.600. The van der Waals surface area contributed by atoms with Crippen LogP contribution in [0.3, 0.4) is 0 Å². The van der Waals surface area contributed by atoms with Crippen LogP contribution in [0.1, 0.15) is 91.3 Å². The van der Waals surface area contributed by atoms with Crippen LogP contribution in [0.25, 0.3) is 55.1 Å². The Kier molecular flexibility index (Phi) is 8.50. The quantitative estimate of drug-likeness (QED) is 0.161. The summed E-state index contributed by atoms with van der Waals surface area (Å²) in [6.07, 6.45) is 14.6. The molecule has 0 spiro atoms. The molecule has 7 aromatic carbocycles. The molecule has 12 rings (SSSR count). The van der Waals surface area contributed by atoms with Crippen LogP contribution in [-0.4, -0.2) is 0 Å². The average molecular weight is 830 g/mol. The van der Waals surface area contributed by atoms with Crippen molar-refractivity contribution in [1.82, 2.24) is 0 Å². The zero-order valence-electron chi connectivity index (χ0n) is 36.8. The summed E-state index contributed by atoms with van der Waals surface area (Å²) in [5, 5.41) is 1.39. The van der Waals surface area contributed by atoms with Gasteiger partial charge in [-0.25, -0.2) is 0 Å². The number of thiophene rings is 1. The number of aryl methyl sites for hydroxylation is 1. The summed E-state index contributed by atoms with van der Waals surface area (Å²) in [4.78, 5) is 3.97. The van der Waals surface area contributed by atoms with Gasteiger partial charge in [0.25, 0.3) is 0 Å². The molecular formula is C61H51NS. The molecule has 1 unspecified atom stereocenters. The SMILES string of the molecule is CC1(c2ccc(N(c3ccc(-c4ccccc4)cc3)c3ccc4c(c3)C(C)(C)c3cc5c(cc3-4)C(C)(C)c3ccc(C4=Cc6c(sc7ccccc67)CC4)cc3-5)cc2)C=CC=CC1. The van der Waals surface area contributed by atoms with Crippen LogP contribution >= 0.6 is 11.3 Å². The van der Waals surface area contributed by atoms with Crippen molar-refractivity contribution in [2.75, 3.05) is 4.90 Å². The van der Waals surface area contributed by atoms with Gasteiger partial charge in [-0.3, -0.25) is 0 Å². The molecule has 0 saturated heterocycles. The molecule has 0 N–H and O–H groups in total. The molecule has 306 valence electrons. The zero-order chi connectivity index (χ0) is 42.7. The van der Waals surface area contributed by atoms with Gasteiger partial charge in [0.15, 0.2) is 0 Å². The van der Waals surface area contributed by atoms with Gasteiger partial charge in [0.05, 0.1) is 0 Å². The second kappa shape index (κ2) is 14.0. The first-order valence-corrected chi connectivity index (χ1v) is 23.5. The third-order valence-electron chi connectivity index (χ3n) is 15.0. The third-order valence-corrected chi connectivity index (χ3v) is 16.3. The van der Waals surface area contributed by atoms with Gasteiger partial charge in [-0.2, -0.15) is 0 Å². The Bertz CT molecular complexity index is 3240. The molecule has 0 amide bonds. The van der Waals surface area contributed by atoms with Gasteiger partial charge < -0.3 is 4.90 Å². The number of hydrogen-bond acceptors (Lipinski definition) is 2. The van der Waals surface area contributed by atoms with Crippen LogP contribution in [0.5, 0.6) is 0 Å². The average Bonchev–Trinajstić information content (AvgIpc) is 3.88. The molecule has 1 aromatic heterocycles. The second-order valence-corrected chi connectivity index (χ2v) is 20.6. The molecule has 1 heterocycles. The summed E-state index contributed by atoms with van der Waals surface area (Å²) in [6, 6.07) is 57.6. The fourth-order valence-electron chi connectivity index (χ4n) is 11.3. The monoisotopic (exact) mass is 829 g/mol. The second-order valence-electron chi connectivity index (χ2n) is 19.5. The number of fused-ring (bicyclic) bond motifs is 9. The molecule has 4 aliphatic rings. The maximum Gasteiger partial charge on any atom is 0.0465 e. The van der Waals surface area contributed by atoms with E-state index in [2.05, 4.69) is 222 Å². The molecule has 8 aromatic rings. The van der Waals surface area contributed by atoms with E-state index in [0.29, 0.717) is 0 Å². The third kappa shape index (κ3) is 5.95. The van der Waals surface area contributed by atoms with Crippen molar-refractivity contribution in [2.24, 2.45) is 0 Å². The number of nitrogens with zero attached hydrogens (tertiary/aromatic N) is 1. The predicted molar refractivity (Wildman–Crippen MR) is 270 cm³/mol. The molecule has 63 heavy (non-hydrogen) atoms. The fourth-order valence-corrected chi connectivity index (χ4v) is 12.5. The van der Waals surface area contributed by atoms with Crippen molar-refractivity contribution >= 4 is 50.1 Å². The van der Waals surface area contributed by atoms with E-state index >= 15 is 0 Å². The van der Waals surface area contributed by atoms with E-state index < -0.39 is 0 Å². The molecule has 0 bridgehead atoms. The van der Waals surface area contributed by atoms with Crippen molar-refractivity contribution < 1.29 is 0 Å². The number of anilines is 3. The summed E-state index contributed by atoms with van der Waals surface area (Å²) in [7, 11) is 0. The van der Waals surface area contributed by atoms with E-state index in [4.69, 9.17) is 0 Å². The van der Waals surface area contributed by atoms with Crippen molar-refractivity contribution in [1.29, 1.82) is 0 Å². The predicted octanol–water partition coefficient (Wildman–Crippen LogP) is 16.9. The molecule has 4 aliphatic carbocycles. The van der Waals surface area contributed by atoms with Crippen LogP contribution in [0, 0.1) is 0 Å². The first kappa shape index (κ1) is 38.2. The number of allylic oxidation sites excluding steroid dienone is 5. The van der Waals surface area contributed by atoms with Gasteiger partial charge in [-0.15, -0.1) is 11.3 Å². The van der Waals surface area contributed by atoms with Crippen LogP contribution < -0.4 is 4.90 Å². The largest absolute Gasteiger partial charge is 0.310 e. The van der Waals surface area contributed by atoms with Gasteiger partial charge >= 0.3 is 0 Å². The van der Waals surface area contributed by atoms with Gasteiger partial charge in [0, 0.05) is 42.9 Å². The summed E-state index contributed by atoms with van der Waals surface area (Å²) < 4.78 is 1.40. The minimum absolute atomic E-state index is 0.00753. The molecule has 1 nitrogen and oxygen atoms in total. The normalized spacial score (nSPS) is 18.3. The molecule has 0 fully saturated rings. The van der Waals surface area contributed by atoms with E-state index in [9.17, 15) is 0 Å². The minimum atomic E-state index is -0.190. The molecular weight excluding hydrogens is 779 g/mol. The van der Waals surface area contributed by atoms with Crippen LogP contribution in [-0.2, 0) is 22.7 Å². The van der Waals surface area contributed by atoms with E-state index in [0.717, 1.165) is 30.6 Å². The van der Waals surface area contributed by atoms with Gasteiger partial charge in [0.2, 0.25) is 0 Å². The lowest BCUT2D eigenvalue weighted by Gasteiger charge is -2.30. The molecule has 0 aliphatic heterocycles. The highest BCUT2D eigenvalue weighted by Crippen LogP contribution is 2.57. The maximum absolute atomic E-state index is 2.57. The van der Waals surface area contributed by atoms with Gasteiger partial charge in [0.1, 0.15) is 0 Å².